The van der Waals surface area contributed by atoms with Crippen LogP contribution < -0.4 is 0 Å². The van der Waals surface area contributed by atoms with E-state index in [0.29, 0.717) is 18.3 Å². The molecule has 0 spiro atoms. The minimum absolute atomic E-state index is 0.102. The lowest BCUT2D eigenvalue weighted by Crippen LogP contribution is -2.30. The molecule has 0 amide bonds. The molecule has 0 N–H and O–H groups in total. The molecule has 1 aliphatic rings. The normalized spacial score (nSPS) is 16.5. The fraction of sp³-hybridized carbons (Fsp3) is 0.545. The number of rotatable bonds is 6. The third-order valence-electron chi connectivity index (χ3n) is 5.34. The summed E-state index contributed by atoms with van der Waals surface area (Å²) in [5.74, 6) is 1.82. The second-order valence-corrected chi connectivity index (χ2v) is 10.3. The Hall–Kier alpha value is -2.26. The van der Waals surface area contributed by atoms with Gasteiger partial charge in [0, 0.05) is 11.1 Å². The van der Waals surface area contributed by atoms with Crippen LogP contribution in [0.15, 0.2) is 33.9 Å². The summed E-state index contributed by atoms with van der Waals surface area (Å²) in [6, 6.07) is 6.45. The van der Waals surface area contributed by atoms with Crippen LogP contribution >= 0.6 is 11.8 Å². The molecule has 3 aromatic rings. The number of hydrogen-bond acceptors (Lipinski definition) is 7. The Kier molecular flexibility index (Phi) is 6.43. The Morgan fingerprint density at radius 3 is 2.45 bits per heavy atom. The van der Waals surface area contributed by atoms with Gasteiger partial charge in [-0.05, 0) is 57.1 Å². The van der Waals surface area contributed by atoms with Gasteiger partial charge in [0.2, 0.25) is 5.89 Å². The molecule has 7 nitrogen and oxygen atoms in total. The van der Waals surface area contributed by atoms with E-state index in [2.05, 4.69) is 46.0 Å². The van der Waals surface area contributed by atoms with E-state index in [1.165, 1.54) is 43.2 Å². The molecule has 9 heteroatoms. The predicted molar refractivity (Wildman–Crippen MR) is 118 cm³/mol. The van der Waals surface area contributed by atoms with E-state index in [4.69, 9.17) is 4.52 Å². The van der Waals surface area contributed by atoms with Crippen molar-refractivity contribution >= 4 is 11.8 Å². The Labute approximate surface area is 186 Å². The number of piperidine rings is 1. The molecule has 1 aliphatic heterocycles. The molecule has 0 radical (unpaired) electrons. The lowest BCUT2D eigenvalue weighted by Gasteiger charge is -2.26. The highest BCUT2D eigenvalue weighted by molar-refractivity contribution is 7.99. The highest BCUT2D eigenvalue weighted by atomic mass is 32.2. The fourth-order valence-electron chi connectivity index (χ4n) is 3.56. The van der Waals surface area contributed by atoms with Crippen LogP contribution in [-0.2, 0) is 12.0 Å². The maximum absolute atomic E-state index is 13.6. The summed E-state index contributed by atoms with van der Waals surface area (Å²) in [4.78, 5) is 6.98. The van der Waals surface area contributed by atoms with Crippen LogP contribution in [-0.4, -0.2) is 42.9 Å². The molecule has 3 heterocycles. The first kappa shape index (κ1) is 22.0. The van der Waals surface area contributed by atoms with E-state index in [1.807, 2.05) is 11.5 Å². The van der Waals surface area contributed by atoms with E-state index in [-0.39, 0.29) is 16.5 Å². The van der Waals surface area contributed by atoms with Crippen LogP contribution in [0.2, 0.25) is 0 Å². The number of nitrogens with zero attached hydrogens (tertiary/aromatic N) is 6. The van der Waals surface area contributed by atoms with Crippen LogP contribution in [0.5, 0.6) is 0 Å². The van der Waals surface area contributed by atoms with E-state index < -0.39 is 0 Å². The maximum Gasteiger partial charge on any atom is 0.239 e. The van der Waals surface area contributed by atoms with Gasteiger partial charge in [-0.1, -0.05) is 44.1 Å². The zero-order chi connectivity index (χ0) is 22.0. The van der Waals surface area contributed by atoms with Gasteiger partial charge < -0.3 is 4.52 Å². The molecule has 166 valence electrons. The third kappa shape index (κ3) is 5.15. The van der Waals surface area contributed by atoms with Crippen molar-refractivity contribution in [2.75, 3.05) is 13.1 Å². The molecule has 31 heavy (non-hydrogen) atoms. The Morgan fingerprint density at radius 1 is 1.10 bits per heavy atom. The number of likely N-dealkylation sites (tertiary alicyclic amines) is 1. The summed E-state index contributed by atoms with van der Waals surface area (Å²) < 4.78 is 21.1. The quantitative estimate of drug-likeness (QED) is 0.499. The highest BCUT2D eigenvalue weighted by Gasteiger charge is 2.26. The minimum Gasteiger partial charge on any atom is -0.338 e. The molecular formula is C22H29FN6OS. The van der Waals surface area contributed by atoms with Gasteiger partial charge in [-0.2, -0.15) is 4.98 Å². The van der Waals surface area contributed by atoms with Crippen LogP contribution in [0.3, 0.4) is 0 Å². The second-order valence-electron chi connectivity index (χ2n) is 9.01. The molecule has 2 aromatic heterocycles. The SMILES string of the molecule is C[C@@H](Sc1nnc(CN2CCCCC2)n1-c1ccc(F)cc1)c1nc(C(C)(C)C)no1. The molecule has 0 saturated carbocycles. The summed E-state index contributed by atoms with van der Waals surface area (Å²) in [6.07, 6.45) is 3.69. The van der Waals surface area contributed by atoms with Gasteiger partial charge in [0.25, 0.3) is 0 Å². The number of thioether (sulfide) groups is 1. The topological polar surface area (TPSA) is 72.9 Å². The fourth-order valence-corrected chi connectivity index (χ4v) is 4.48. The molecule has 1 saturated heterocycles. The Bertz CT molecular complexity index is 1000. The molecule has 1 aromatic carbocycles. The van der Waals surface area contributed by atoms with Crippen LogP contribution in [0.1, 0.15) is 69.7 Å². The van der Waals surface area contributed by atoms with Gasteiger partial charge in [0.05, 0.1) is 11.8 Å². The lowest BCUT2D eigenvalue weighted by atomic mass is 9.96. The summed E-state index contributed by atoms with van der Waals surface area (Å²) in [6.45, 7) is 11.0. The minimum atomic E-state index is -0.266. The molecule has 0 bridgehead atoms. The highest BCUT2D eigenvalue weighted by Crippen LogP contribution is 2.35. The van der Waals surface area contributed by atoms with Crippen LogP contribution in [0.4, 0.5) is 4.39 Å². The van der Waals surface area contributed by atoms with Gasteiger partial charge in [-0.25, -0.2) is 4.39 Å². The number of hydrogen-bond donors (Lipinski definition) is 0. The van der Waals surface area contributed by atoms with Gasteiger partial charge in [-0.15, -0.1) is 10.2 Å². The Morgan fingerprint density at radius 2 is 1.81 bits per heavy atom. The predicted octanol–water partition coefficient (Wildman–Crippen LogP) is 4.93. The van der Waals surface area contributed by atoms with E-state index in [9.17, 15) is 4.39 Å². The standard InChI is InChI=1S/C22H29FN6OS/c1-15(19-24-20(27-30-19)22(2,3)4)31-21-26-25-18(14-28-12-6-5-7-13-28)29(21)17-10-8-16(23)9-11-17/h8-11,15H,5-7,12-14H2,1-4H3/t15-/m1/s1. The lowest BCUT2D eigenvalue weighted by molar-refractivity contribution is 0.214. The van der Waals surface area contributed by atoms with Gasteiger partial charge in [0.15, 0.2) is 16.8 Å². The first-order valence-corrected chi connectivity index (χ1v) is 11.6. The first-order chi connectivity index (χ1) is 14.8. The van der Waals surface area contributed by atoms with Crippen LogP contribution in [0, 0.1) is 5.82 Å². The van der Waals surface area contributed by atoms with E-state index >= 15 is 0 Å². The van der Waals surface area contributed by atoms with Crippen molar-refractivity contribution in [2.45, 2.75) is 69.3 Å². The number of aromatic nitrogens is 5. The smallest absolute Gasteiger partial charge is 0.239 e. The average molecular weight is 445 g/mol. The van der Waals surface area contributed by atoms with Crippen molar-refractivity contribution in [1.82, 2.24) is 29.8 Å². The zero-order valence-electron chi connectivity index (χ0n) is 18.5. The van der Waals surface area contributed by atoms with Gasteiger partial charge in [-0.3, -0.25) is 9.47 Å². The summed E-state index contributed by atoms with van der Waals surface area (Å²) in [7, 11) is 0. The molecule has 1 atom stereocenters. The van der Waals surface area contributed by atoms with E-state index in [1.54, 1.807) is 12.1 Å². The van der Waals surface area contributed by atoms with Crippen molar-refractivity contribution in [3.8, 4) is 5.69 Å². The van der Waals surface area contributed by atoms with Crippen molar-refractivity contribution in [2.24, 2.45) is 0 Å². The monoisotopic (exact) mass is 444 g/mol. The molecular weight excluding hydrogens is 415 g/mol. The molecule has 0 aliphatic carbocycles. The maximum atomic E-state index is 13.6. The first-order valence-electron chi connectivity index (χ1n) is 10.7. The summed E-state index contributed by atoms with van der Waals surface area (Å²) in [5.41, 5.74) is 0.663. The second kappa shape index (κ2) is 9.08. The van der Waals surface area contributed by atoms with Crippen molar-refractivity contribution < 1.29 is 8.91 Å². The molecule has 1 fully saturated rings. The van der Waals surface area contributed by atoms with Crippen LogP contribution in [0.25, 0.3) is 5.69 Å². The molecule has 4 rings (SSSR count). The van der Waals surface area contributed by atoms with Crippen molar-refractivity contribution in [3.05, 3.63) is 47.6 Å². The van der Waals surface area contributed by atoms with Gasteiger partial charge in [0.1, 0.15) is 5.82 Å². The van der Waals surface area contributed by atoms with Gasteiger partial charge >= 0.3 is 0 Å². The summed E-state index contributed by atoms with van der Waals surface area (Å²) >= 11 is 1.51. The van der Waals surface area contributed by atoms with Crippen molar-refractivity contribution in [3.63, 3.8) is 0 Å². The Balaban J connectivity index is 1.61. The van der Waals surface area contributed by atoms with E-state index in [0.717, 1.165) is 29.8 Å². The molecule has 0 unspecified atom stereocenters. The number of benzene rings is 1. The third-order valence-corrected chi connectivity index (χ3v) is 6.37. The van der Waals surface area contributed by atoms with Crippen molar-refractivity contribution in [1.29, 1.82) is 0 Å². The summed E-state index contributed by atoms with van der Waals surface area (Å²) in [5, 5.41) is 13.7. The largest absolute Gasteiger partial charge is 0.338 e. The number of halogens is 1. The zero-order valence-corrected chi connectivity index (χ0v) is 19.3. The average Bonchev–Trinajstić information content (AvgIpc) is 3.38.